The first kappa shape index (κ1) is 17.4. The molecule has 0 N–H and O–H groups in total. The number of rotatable bonds is 6. The average molecular weight is 325 g/mol. The molecule has 1 aromatic heterocycles. The lowest BCUT2D eigenvalue weighted by Gasteiger charge is -2.34. The number of pyridine rings is 1. The summed E-state index contributed by atoms with van der Waals surface area (Å²) in [4.78, 5) is 4.22. The fourth-order valence-corrected chi connectivity index (χ4v) is 4.77. The number of piperidine rings is 1. The molecule has 2 rings (SSSR count). The van der Waals surface area contributed by atoms with E-state index in [1.54, 1.807) is 8.61 Å². The van der Waals surface area contributed by atoms with Crippen molar-refractivity contribution < 1.29 is 8.42 Å². The molecule has 2 heterocycles. The van der Waals surface area contributed by atoms with Gasteiger partial charge in [0.05, 0.1) is 0 Å². The van der Waals surface area contributed by atoms with Crippen LogP contribution in [0.1, 0.15) is 37.9 Å². The molecule has 5 nitrogen and oxygen atoms in total. The van der Waals surface area contributed by atoms with Crippen LogP contribution in [0.15, 0.2) is 18.3 Å². The van der Waals surface area contributed by atoms with Crippen molar-refractivity contribution in [3.8, 4) is 0 Å². The van der Waals surface area contributed by atoms with Crippen molar-refractivity contribution in [3.05, 3.63) is 29.6 Å². The van der Waals surface area contributed by atoms with Crippen LogP contribution >= 0.6 is 0 Å². The topological polar surface area (TPSA) is 53.5 Å². The van der Waals surface area contributed by atoms with E-state index in [2.05, 4.69) is 17.1 Å². The molecule has 1 saturated heterocycles. The fourth-order valence-electron chi connectivity index (χ4n) is 3.12. The summed E-state index contributed by atoms with van der Waals surface area (Å²) in [6.45, 7) is 8.12. The number of hydrogen-bond acceptors (Lipinski definition) is 3. The minimum atomic E-state index is -3.27. The number of aromatic nitrogens is 1. The first-order valence-electron chi connectivity index (χ1n) is 8.14. The lowest BCUT2D eigenvalue weighted by Crippen LogP contribution is -2.47. The second-order valence-electron chi connectivity index (χ2n) is 5.94. The second kappa shape index (κ2) is 7.53. The third kappa shape index (κ3) is 4.06. The van der Waals surface area contributed by atoms with E-state index >= 15 is 0 Å². The van der Waals surface area contributed by atoms with Crippen molar-refractivity contribution in [1.82, 2.24) is 13.6 Å². The van der Waals surface area contributed by atoms with Crippen LogP contribution in [-0.2, 0) is 16.6 Å². The molecule has 1 aliphatic rings. The van der Waals surface area contributed by atoms with Crippen LogP contribution in [0.4, 0.5) is 0 Å². The fraction of sp³-hybridized carbons (Fsp3) is 0.688. The van der Waals surface area contributed by atoms with Crippen molar-refractivity contribution in [2.45, 2.75) is 40.0 Å². The molecular formula is C16H27N3O2S. The van der Waals surface area contributed by atoms with Crippen molar-refractivity contribution in [2.24, 2.45) is 5.92 Å². The van der Waals surface area contributed by atoms with Gasteiger partial charge in [-0.3, -0.25) is 4.98 Å². The molecule has 0 aromatic carbocycles. The first-order valence-corrected chi connectivity index (χ1v) is 9.53. The van der Waals surface area contributed by atoms with E-state index in [1.165, 1.54) is 5.56 Å². The molecule has 22 heavy (non-hydrogen) atoms. The Hall–Kier alpha value is -0.980. The Morgan fingerprint density at radius 2 is 1.91 bits per heavy atom. The Kier molecular flexibility index (Phi) is 5.94. The Labute approximate surface area is 134 Å². The van der Waals surface area contributed by atoms with E-state index in [1.807, 2.05) is 27.0 Å². The standard InChI is InChI=1S/C16H27N3O2S/c1-4-18(5-2)22(20,21)19-10-7-15(8-11-19)13-16-6-9-17-14(3)12-16/h6,9,12,15H,4-5,7-8,10-11,13H2,1-3H3. The summed E-state index contributed by atoms with van der Waals surface area (Å²) in [6, 6.07) is 4.19. The van der Waals surface area contributed by atoms with Crippen LogP contribution in [0, 0.1) is 12.8 Å². The summed E-state index contributed by atoms with van der Waals surface area (Å²) in [5.74, 6) is 0.560. The highest BCUT2D eigenvalue weighted by atomic mass is 32.2. The molecule has 0 aliphatic carbocycles. The summed E-state index contributed by atoms with van der Waals surface area (Å²) in [7, 11) is -3.27. The summed E-state index contributed by atoms with van der Waals surface area (Å²) in [5.41, 5.74) is 2.34. The number of aryl methyl sites for hydroxylation is 1. The maximum absolute atomic E-state index is 12.5. The van der Waals surface area contributed by atoms with E-state index in [0.717, 1.165) is 25.0 Å². The Morgan fingerprint density at radius 1 is 1.27 bits per heavy atom. The van der Waals surface area contributed by atoms with Crippen LogP contribution in [0.3, 0.4) is 0 Å². The van der Waals surface area contributed by atoms with Gasteiger partial charge in [-0.1, -0.05) is 13.8 Å². The van der Waals surface area contributed by atoms with Crippen molar-refractivity contribution in [2.75, 3.05) is 26.2 Å². The van der Waals surface area contributed by atoms with Gasteiger partial charge in [-0.25, -0.2) is 0 Å². The number of nitrogens with zero attached hydrogens (tertiary/aromatic N) is 3. The second-order valence-corrected chi connectivity index (χ2v) is 7.87. The molecule has 0 atom stereocenters. The molecule has 6 heteroatoms. The van der Waals surface area contributed by atoms with Gasteiger partial charge in [-0.05, 0) is 49.8 Å². The van der Waals surface area contributed by atoms with Gasteiger partial charge < -0.3 is 0 Å². The van der Waals surface area contributed by atoms with Crippen LogP contribution < -0.4 is 0 Å². The van der Waals surface area contributed by atoms with Gasteiger partial charge in [0, 0.05) is 38.1 Å². The Bertz CT molecular complexity index is 577. The van der Waals surface area contributed by atoms with E-state index in [-0.39, 0.29) is 0 Å². The molecular weight excluding hydrogens is 298 g/mol. The highest BCUT2D eigenvalue weighted by Gasteiger charge is 2.31. The van der Waals surface area contributed by atoms with Gasteiger partial charge in [0.1, 0.15) is 0 Å². The van der Waals surface area contributed by atoms with Crippen LogP contribution in [0.25, 0.3) is 0 Å². The van der Waals surface area contributed by atoms with Crippen molar-refractivity contribution in [3.63, 3.8) is 0 Å². The lowest BCUT2D eigenvalue weighted by atomic mass is 9.91. The van der Waals surface area contributed by atoms with Gasteiger partial charge in [-0.15, -0.1) is 0 Å². The molecule has 1 fully saturated rings. The molecule has 0 bridgehead atoms. The largest absolute Gasteiger partial charge is 0.281 e. The Balaban J connectivity index is 1.93. The van der Waals surface area contributed by atoms with E-state index < -0.39 is 10.2 Å². The summed E-state index contributed by atoms with van der Waals surface area (Å²) in [6.07, 6.45) is 4.73. The zero-order valence-electron chi connectivity index (χ0n) is 13.8. The molecule has 1 aromatic rings. The van der Waals surface area contributed by atoms with Crippen LogP contribution in [0.5, 0.6) is 0 Å². The van der Waals surface area contributed by atoms with Gasteiger partial charge in [0.25, 0.3) is 10.2 Å². The van der Waals surface area contributed by atoms with Gasteiger partial charge in [-0.2, -0.15) is 17.0 Å². The molecule has 0 amide bonds. The summed E-state index contributed by atoms with van der Waals surface area (Å²) < 4.78 is 28.2. The molecule has 0 spiro atoms. The predicted molar refractivity (Wildman–Crippen MR) is 88.8 cm³/mol. The maximum Gasteiger partial charge on any atom is 0.281 e. The van der Waals surface area contributed by atoms with Crippen molar-refractivity contribution >= 4 is 10.2 Å². The summed E-state index contributed by atoms with van der Waals surface area (Å²) >= 11 is 0. The molecule has 1 aliphatic heterocycles. The van der Waals surface area contributed by atoms with Gasteiger partial charge >= 0.3 is 0 Å². The van der Waals surface area contributed by atoms with Crippen LogP contribution in [0.2, 0.25) is 0 Å². The third-order valence-electron chi connectivity index (χ3n) is 4.42. The molecule has 0 saturated carbocycles. The first-order chi connectivity index (χ1) is 10.5. The summed E-state index contributed by atoms with van der Waals surface area (Å²) in [5, 5.41) is 0. The minimum absolute atomic E-state index is 0.537. The van der Waals surface area contributed by atoms with E-state index in [0.29, 0.717) is 32.1 Å². The predicted octanol–water partition coefficient (Wildman–Crippen LogP) is 2.23. The normalized spacial score (nSPS) is 18.0. The average Bonchev–Trinajstić information content (AvgIpc) is 2.49. The zero-order valence-corrected chi connectivity index (χ0v) is 14.6. The smallest absolute Gasteiger partial charge is 0.262 e. The SMILES string of the molecule is CCN(CC)S(=O)(=O)N1CCC(Cc2ccnc(C)c2)CC1. The Morgan fingerprint density at radius 3 is 2.45 bits per heavy atom. The minimum Gasteiger partial charge on any atom is -0.262 e. The van der Waals surface area contributed by atoms with E-state index in [9.17, 15) is 8.42 Å². The van der Waals surface area contributed by atoms with E-state index in [4.69, 9.17) is 0 Å². The molecule has 0 unspecified atom stereocenters. The maximum atomic E-state index is 12.5. The highest BCUT2D eigenvalue weighted by molar-refractivity contribution is 7.86. The highest BCUT2D eigenvalue weighted by Crippen LogP contribution is 2.24. The number of hydrogen-bond donors (Lipinski definition) is 0. The van der Waals surface area contributed by atoms with Crippen LogP contribution in [-0.4, -0.2) is 48.2 Å². The quantitative estimate of drug-likeness (QED) is 0.806. The molecule has 124 valence electrons. The van der Waals surface area contributed by atoms with Gasteiger partial charge in [0.2, 0.25) is 0 Å². The lowest BCUT2D eigenvalue weighted by molar-refractivity contribution is 0.255. The zero-order chi connectivity index (χ0) is 16.2. The monoisotopic (exact) mass is 325 g/mol. The third-order valence-corrected chi connectivity index (χ3v) is 6.60. The molecule has 0 radical (unpaired) electrons. The van der Waals surface area contributed by atoms with Crippen molar-refractivity contribution in [1.29, 1.82) is 0 Å². The van der Waals surface area contributed by atoms with Gasteiger partial charge in [0.15, 0.2) is 0 Å².